The molecule has 2 fully saturated rings. The molecule has 0 bridgehead atoms. The third kappa shape index (κ3) is 4.75. The minimum absolute atomic E-state index is 0.121. The van der Waals surface area contributed by atoms with Crippen molar-refractivity contribution in [1.82, 2.24) is 35.4 Å². The average Bonchev–Trinajstić information content (AvgIpc) is 3.23. The summed E-state index contributed by atoms with van der Waals surface area (Å²) in [7, 11) is 2.16. The van der Waals surface area contributed by atoms with Crippen molar-refractivity contribution in [2.24, 2.45) is 0 Å². The van der Waals surface area contributed by atoms with Crippen LogP contribution < -0.4 is 10.6 Å². The molecule has 2 aliphatic rings. The van der Waals surface area contributed by atoms with Crippen LogP contribution in [-0.4, -0.2) is 89.6 Å². The Labute approximate surface area is 143 Å². The normalized spacial score (nSPS) is 22.8. The zero-order chi connectivity index (χ0) is 16.8. The number of carbonyl (C=O) groups excluding carboxylic acids is 1. The molecule has 0 aliphatic carbocycles. The first kappa shape index (κ1) is 17.3. The van der Waals surface area contributed by atoms with Crippen molar-refractivity contribution in [2.75, 3.05) is 52.9 Å². The van der Waals surface area contributed by atoms with Gasteiger partial charge in [-0.3, -0.25) is 14.4 Å². The summed E-state index contributed by atoms with van der Waals surface area (Å²) in [6, 6.07) is 0.597. The predicted molar refractivity (Wildman–Crippen MR) is 91.9 cm³/mol. The molecule has 8 nitrogen and oxygen atoms in total. The fourth-order valence-electron chi connectivity index (χ4n) is 3.48. The van der Waals surface area contributed by atoms with Crippen LogP contribution in [0.2, 0.25) is 0 Å². The van der Waals surface area contributed by atoms with Crippen LogP contribution in [0.25, 0.3) is 0 Å². The van der Waals surface area contributed by atoms with Gasteiger partial charge < -0.3 is 15.5 Å². The zero-order valence-electron chi connectivity index (χ0n) is 14.6. The molecule has 3 rings (SSSR count). The molecule has 24 heavy (non-hydrogen) atoms. The van der Waals surface area contributed by atoms with Gasteiger partial charge in [-0.15, -0.1) is 5.10 Å². The van der Waals surface area contributed by atoms with Gasteiger partial charge in [0.15, 0.2) is 5.69 Å². The first-order chi connectivity index (χ1) is 11.7. The van der Waals surface area contributed by atoms with Gasteiger partial charge in [0.2, 0.25) is 0 Å². The maximum absolute atomic E-state index is 12.2. The second kappa shape index (κ2) is 8.55. The lowest BCUT2D eigenvalue weighted by Crippen LogP contribution is -2.44. The largest absolute Gasteiger partial charge is 0.351 e. The molecule has 0 spiro atoms. The minimum atomic E-state index is -0.121. The molecule has 1 aromatic rings. The maximum atomic E-state index is 12.2. The molecule has 0 radical (unpaired) electrons. The quantitative estimate of drug-likeness (QED) is 0.693. The first-order valence-corrected chi connectivity index (χ1v) is 9.04. The number of rotatable bonds is 7. The molecule has 1 atom stereocenters. The second-order valence-corrected chi connectivity index (χ2v) is 6.78. The van der Waals surface area contributed by atoms with Crippen LogP contribution in [-0.2, 0) is 6.54 Å². The third-order valence-electron chi connectivity index (χ3n) is 5.06. The van der Waals surface area contributed by atoms with E-state index >= 15 is 0 Å². The standard InChI is InChI=1S/C16H29N7O/c1-21-8-2-3-14(21)4-5-18-16(24)15-13-23(20-19-15)12-11-22-9-6-17-7-10-22/h13-14,17H,2-12H2,1H3,(H,18,24). The number of aromatic nitrogens is 3. The topological polar surface area (TPSA) is 78.3 Å². The summed E-state index contributed by atoms with van der Waals surface area (Å²) in [6.07, 6.45) is 5.24. The van der Waals surface area contributed by atoms with Crippen molar-refractivity contribution in [2.45, 2.75) is 31.8 Å². The average molecular weight is 335 g/mol. The number of carbonyl (C=O) groups is 1. The molecular weight excluding hydrogens is 306 g/mol. The van der Waals surface area contributed by atoms with Gasteiger partial charge in [-0.2, -0.15) is 0 Å². The molecular formula is C16H29N7O. The summed E-state index contributed by atoms with van der Waals surface area (Å²) in [6.45, 7) is 7.80. The van der Waals surface area contributed by atoms with Gasteiger partial charge in [0.1, 0.15) is 0 Å². The molecule has 1 unspecified atom stereocenters. The van der Waals surface area contributed by atoms with E-state index in [0.29, 0.717) is 18.3 Å². The molecule has 0 aromatic carbocycles. The smallest absolute Gasteiger partial charge is 0.273 e. The van der Waals surface area contributed by atoms with E-state index in [1.807, 2.05) is 0 Å². The van der Waals surface area contributed by atoms with Crippen LogP contribution in [0.4, 0.5) is 0 Å². The van der Waals surface area contributed by atoms with E-state index in [9.17, 15) is 4.79 Å². The van der Waals surface area contributed by atoms with Crippen molar-refractivity contribution < 1.29 is 4.79 Å². The Hall–Kier alpha value is -1.51. The summed E-state index contributed by atoms with van der Waals surface area (Å²) < 4.78 is 1.77. The Balaban J connectivity index is 1.38. The predicted octanol–water partition coefficient (Wildman–Crippen LogP) is -0.603. The molecule has 8 heteroatoms. The van der Waals surface area contributed by atoms with Gasteiger partial charge in [0.05, 0.1) is 12.7 Å². The lowest BCUT2D eigenvalue weighted by Gasteiger charge is -2.26. The minimum Gasteiger partial charge on any atom is -0.351 e. The van der Waals surface area contributed by atoms with Crippen LogP contribution in [0.5, 0.6) is 0 Å². The number of hydrogen-bond acceptors (Lipinski definition) is 6. The van der Waals surface area contributed by atoms with E-state index in [1.165, 1.54) is 19.4 Å². The van der Waals surface area contributed by atoms with Crippen LogP contribution in [0.3, 0.4) is 0 Å². The summed E-state index contributed by atoms with van der Waals surface area (Å²) in [4.78, 5) is 16.9. The molecule has 1 amide bonds. The van der Waals surface area contributed by atoms with Crippen molar-refractivity contribution in [1.29, 1.82) is 0 Å². The zero-order valence-corrected chi connectivity index (χ0v) is 14.6. The van der Waals surface area contributed by atoms with E-state index in [-0.39, 0.29) is 5.91 Å². The first-order valence-electron chi connectivity index (χ1n) is 9.04. The summed E-state index contributed by atoms with van der Waals surface area (Å²) >= 11 is 0. The molecule has 2 aliphatic heterocycles. The lowest BCUT2D eigenvalue weighted by atomic mass is 10.1. The van der Waals surface area contributed by atoms with Crippen molar-refractivity contribution >= 4 is 5.91 Å². The fourth-order valence-corrected chi connectivity index (χ4v) is 3.48. The van der Waals surface area contributed by atoms with E-state index in [2.05, 4.69) is 37.8 Å². The van der Waals surface area contributed by atoms with E-state index in [0.717, 1.165) is 45.7 Å². The summed E-state index contributed by atoms with van der Waals surface area (Å²) in [5.74, 6) is -0.121. The Morgan fingerprint density at radius 3 is 2.92 bits per heavy atom. The Kier molecular flexibility index (Phi) is 6.17. The van der Waals surface area contributed by atoms with Crippen molar-refractivity contribution in [3.05, 3.63) is 11.9 Å². The number of nitrogens with one attached hydrogen (secondary N) is 2. The van der Waals surface area contributed by atoms with Crippen molar-refractivity contribution in [3.63, 3.8) is 0 Å². The third-order valence-corrected chi connectivity index (χ3v) is 5.06. The highest BCUT2D eigenvalue weighted by Crippen LogP contribution is 2.16. The van der Waals surface area contributed by atoms with Crippen LogP contribution in [0.15, 0.2) is 6.20 Å². The molecule has 134 valence electrons. The van der Waals surface area contributed by atoms with Crippen LogP contribution in [0.1, 0.15) is 29.8 Å². The summed E-state index contributed by atoms with van der Waals surface area (Å²) in [5.41, 5.74) is 0.412. The molecule has 2 saturated heterocycles. The van der Waals surface area contributed by atoms with Gasteiger partial charge in [0, 0.05) is 45.3 Å². The second-order valence-electron chi connectivity index (χ2n) is 6.78. The van der Waals surface area contributed by atoms with E-state index in [1.54, 1.807) is 10.9 Å². The summed E-state index contributed by atoms with van der Waals surface area (Å²) in [5, 5.41) is 14.4. The van der Waals surface area contributed by atoms with Gasteiger partial charge in [-0.1, -0.05) is 5.21 Å². The van der Waals surface area contributed by atoms with Gasteiger partial charge in [-0.25, -0.2) is 0 Å². The maximum Gasteiger partial charge on any atom is 0.273 e. The highest BCUT2D eigenvalue weighted by molar-refractivity contribution is 5.91. The molecule has 2 N–H and O–H groups in total. The SMILES string of the molecule is CN1CCCC1CCNC(=O)c1cn(CCN2CCNCC2)nn1. The Morgan fingerprint density at radius 1 is 1.33 bits per heavy atom. The Morgan fingerprint density at radius 2 is 2.17 bits per heavy atom. The van der Waals surface area contributed by atoms with E-state index in [4.69, 9.17) is 0 Å². The number of likely N-dealkylation sites (tertiary alicyclic amines) is 1. The highest BCUT2D eigenvalue weighted by atomic mass is 16.2. The Bertz CT molecular complexity index is 526. The van der Waals surface area contributed by atoms with E-state index < -0.39 is 0 Å². The monoisotopic (exact) mass is 335 g/mol. The van der Waals surface area contributed by atoms with Gasteiger partial charge in [0.25, 0.3) is 5.91 Å². The number of nitrogens with zero attached hydrogens (tertiary/aromatic N) is 5. The number of piperazine rings is 1. The fraction of sp³-hybridized carbons (Fsp3) is 0.812. The van der Waals surface area contributed by atoms with Crippen LogP contribution >= 0.6 is 0 Å². The number of hydrogen-bond donors (Lipinski definition) is 2. The molecule has 3 heterocycles. The number of amides is 1. The highest BCUT2D eigenvalue weighted by Gasteiger charge is 2.20. The molecule has 1 aromatic heterocycles. The van der Waals surface area contributed by atoms with Gasteiger partial charge in [-0.05, 0) is 32.9 Å². The molecule has 0 saturated carbocycles. The van der Waals surface area contributed by atoms with Crippen molar-refractivity contribution in [3.8, 4) is 0 Å². The van der Waals surface area contributed by atoms with Crippen LogP contribution in [0, 0.1) is 0 Å². The lowest BCUT2D eigenvalue weighted by molar-refractivity contribution is 0.0945. The van der Waals surface area contributed by atoms with Gasteiger partial charge >= 0.3 is 0 Å².